The van der Waals surface area contributed by atoms with Crippen molar-refractivity contribution in [3.8, 4) is 0 Å². The van der Waals surface area contributed by atoms with E-state index >= 15 is 0 Å². The third-order valence-corrected chi connectivity index (χ3v) is 3.20. The maximum atomic E-state index is 12.2. The van der Waals surface area contributed by atoms with Gasteiger partial charge in [0.25, 0.3) is 0 Å². The molecule has 0 aromatic heterocycles. The van der Waals surface area contributed by atoms with Crippen LogP contribution in [0.15, 0.2) is 0 Å². The Labute approximate surface area is 99.9 Å². The molecule has 1 atom stereocenters. The zero-order chi connectivity index (χ0) is 13.9. The number of halogens is 2. The molecule has 1 unspecified atom stereocenters. The third kappa shape index (κ3) is 14.1. The van der Waals surface area contributed by atoms with Crippen molar-refractivity contribution in [1.29, 1.82) is 0 Å². The van der Waals surface area contributed by atoms with Crippen LogP contribution in [0.3, 0.4) is 0 Å². The first-order chi connectivity index (χ1) is 7.74. The summed E-state index contributed by atoms with van der Waals surface area (Å²) in [6.45, 7) is 4.81. The van der Waals surface area contributed by atoms with Crippen molar-refractivity contribution < 1.29 is 35.6 Å². The van der Waals surface area contributed by atoms with Crippen LogP contribution in [0, 0.1) is 0 Å². The lowest BCUT2D eigenvalue weighted by atomic mass is 10.9. The van der Waals surface area contributed by atoms with E-state index < -0.39 is 15.8 Å². The van der Waals surface area contributed by atoms with Gasteiger partial charge in [-0.2, -0.15) is 0 Å². The molecule has 0 aliphatic heterocycles. The van der Waals surface area contributed by atoms with Crippen LogP contribution in [0.25, 0.3) is 0 Å². The average Bonchev–Trinajstić information content (AvgIpc) is 2.18. The molecule has 0 N–H and O–H groups in total. The maximum Gasteiger partial charge on any atom is 0.513 e. The Bertz CT molecular complexity index is 265. The summed E-state index contributed by atoms with van der Waals surface area (Å²) < 4.78 is 60.7. The summed E-state index contributed by atoms with van der Waals surface area (Å²) in [5.41, 5.74) is 0. The van der Waals surface area contributed by atoms with E-state index in [2.05, 4.69) is 18.1 Å². The highest BCUT2D eigenvalue weighted by Gasteiger charge is 2.21. The fraction of sp³-hybridized carbons (Fsp3) is 1.00. The van der Waals surface area contributed by atoms with Gasteiger partial charge in [0.05, 0.1) is 19.8 Å². The van der Waals surface area contributed by atoms with E-state index in [1.165, 1.54) is 6.92 Å². The molecule has 0 rings (SSSR count). The maximum absolute atomic E-state index is 12.2. The summed E-state index contributed by atoms with van der Waals surface area (Å²) in [7, 11) is -7.37. The molecule has 0 bridgehead atoms. The summed E-state index contributed by atoms with van der Waals surface area (Å²) >= 11 is 0. The van der Waals surface area contributed by atoms with Crippen molar-refractivity contribution in [2.75, 3.05) is 26.9 Å². The summed E-state index contributed by atoms with van der Waals surface area (Å²) in [5, 5.41) is 0. The van der Waals surface area contributed by atoms with Gasteiger partial charge in [-0.25, -0.2) is 9.13 Å². The zero-order valence-electron chi connectivity index (χ0n) is 10.2. The van der Waals surface area contributed by atoms with Crippen molar-refractivity contribution in [1.82, 2.24) is 0 Å². The Kier molecular flexibility index (Phi) is 11.6. The molecule has 0 radical (unpaired) electrons. The summed E-state index contributed by atoms with van der Waals surface area (Å²) in [4.78, 5) is 0. The molecule has 0 spiro atoms. The highest BCUT2D eigenvalue weighted by atomic mass is 31.2. The topological polar surface area (TPSA) is 71.1 Å². The molecule has 0 heterocycles. The second-order valence-electron chi connectivity index (χ2n) is 2.30. The normalized spacial score (nSPS) is 14.7. The van der Waals surface area contributed by atoms with Crippen LogP contribution in [0.2, 0.25) is 0 Å². The molecule has 0 saturated carbocycles. The van der Waals surface area contributed by atoms with Gasteiger partial charge < -0.3 is 0 Å². The van der Waals surface area contributed by atoms with Gasteiger partial charge in [-0.05, 0) is 20.8 Å². The van der Waals surface area contributed by atoms with Gasteiger partial charge in [0, 0.05) is 7.11 Å². The van der Waals surface area contributed by atoms with Crippen LogP contribution < -0.4 is 0 Å². The Hall–Kier alpha value is 0.160. The molecule has 0 aromatic carbocycles. The van der Waals surface area contributed by atoms with E-state index in [0.29, 0.717) is 0 Å². The highest BCUT2D eigenvalue weighted by molar-refractivity contribution is 7.48. The van der Waals surface area contributed by atoms with Crippen molar-refractivity contribution in [2.24, 2.45) is 0 Å². The van der Waals surface area contributed by atoms with E-state index in [4.69, 9.17) is 0 Å². The Morgan fingerprint density at radius 3 is 1.29 bits per heavy atom. The predicted octanol–water partition coefficient (Wildman–Crippen LogP) is 3.88. The molecule has 0 aliphatic rings. The van der Waals surface area contributed by atoms with Crippen LogP contribution in [0.1, 0.15) is 20.8 Å². The average molecular weight is 298 g/mol. The van der Waals surface area contributed by atoms with Crippen LogP contribution in [-0.4, -0.2) is 26.9 Å². The summed E-state index contributed by atoms with van der Waals surface area (Å²) in [6, 6.07) is 0. The molecular weight excluding hydrogens is 280 g/mol. The fourth-order valence-corrected chi connectivity index (χ4v) is 1.66. The van der Waals surface area contributed by atoms with Crippen LogP contribution >= 0.6 is 15.8 Å². The van der Waals surface area contributed by atoms with Gasteiger partial charge in [-0.3, -0.25) is 18.1 Å². The first-order valence-corrected chi connectivity index (χ1v) is 7.70. The van der Waals surface area contributed by atoms with Crippen molar-refractivity contribution in [3.63, 3.8) is 0 Å². The van der Waals surface area contributed by atoms with Gasteiger partial charge in [-0.15, -0.1) is 8.39 Å². The minimum absolute atomic E-state index is 0.0572. The van der Waals surface area contributed by atoms with Gasteiger partial charge in [0.2, 0.25) is 0 Å². The molecule has 6 nitrogen and oxygen atoms in total. The van der Waals surface area contributed by atoms with E-state index in [1.54, 1.807) is 13.8 Å². The van der Waals surface area contributed by atoms with Crippen molar-refractivity contribution >= 4 is 15.8 Å². The second kappa shape index (κ2) is 10.1. The standard InChI is InChI=1S/C4H10FO3P.C3H8FO3P/c1-3-7-9(5,6)8-4-2;1-3-7-8(4,5)6-2/h3-4H2,1-2H3;3H2,1-2H3. The van der Waals surface area contributed by atoms with E-state index in [1.807, 2.05) is 0 Å². The minimum Gasteiger partial charge on any atom is -0.287 e. The lowest BCUT2D eigenvalue weighted by Gasteiger charge is -2.04. The Balaban J connectivity index is 0. The predicted molar refractivity (Wildman–Crippen MR) is 59.3 cm³/mol. The molecule has 0 saturated heterocycles. The molecular formula is C7H18F2O6P2. The largest absolute Gasteiger partial charge is 0.513 e. The van der Waals surface area contributed by atoms with Crippen molar-refractivity contribution in [3.05, 3.63) is 0 Å². The molecule has 106 valence electrons. The van der Waals surface area contributed by atoms with Crippen LogP contribution in [0.4, 0.5) is 8.39 Å². The molecule has 17 heavy (non-hydrogen) atoms. The lowest BCUT2D eigenvalue weighted by molar-refractivity contribution is 0.188. The van der Waals surface area contributed by atoms with Gasteiger partial charge in [0.15, 0.2) is 0 Å². The molecule has 0 amide bonds. The van der Waals surface area contributed by atoms with Gasteiger partial charge in [0.1, 0.15) is 0 Å². The fourth-order valence-electron chi connectivity index (χ4n) is 0.553. The monoisotopic (exact) mass is 298 g/mol. The SMILES string of the molecule is CCOP(=O)(F)OC.CCOP(=O)(F)OCC. The summed E-state index contributed by atoms with van der Waals surface area (Å²) in [5.74, 6) is 0. The van der Waals surface area contributed by atoms with Crippen LogP contribution in [0.5, 0.6) is 0 Å². The highest BCUT2D eigenvalue weighted by Crippen LogP contribution is 2.49. The number of rotatable bonds is 7. The molecule has 10 heteroatoms. The van der Waals surface area contributed by atoms with E-state index in [9.17, 15) is 17.5 Å². The smallest absolute Gasteiger partial charge is 0.287 e. The second-order valence-corrected chi connectivity index (χ2v) is 5.16. The Morgan fingerprint density at radius 1 is 0.824 bits per heavy atom. The minimum atomic E-state index is -4.19. The molecule has 0 fully saturated rings. The van der Waals surface area contributed by atoms with E-state index in [0.717, 1.165) is 7.11 Å². The first-order valence-electron chi connectivity index (χ1n) is 4.83. The zero-order valence-corrected chi connectivity index (χ0v) is 12.0. The lowest BCUT2D eigenvalue weighted by Crippen LogP contribution is -1.89. The Morgan fingerprint density at radius 2 is 1.12 bits per heavy atom. The van der Waals surface area contributed by atoms with E-state index in [-0.39, 0.29) is 19.8 Å². The first kappa shape index (κ1) is 19.5. The summed E-state index contributed by atoms with van der Waals surface area (Å²) in [6.07, 6.45) is 0. The number of hydrogen-bond acceptors (Lipinski definition) is 6. The third-order valence-electron chi connectivity index (χ3n) is 1.07. The molecule has 0 aliphatic carbocycles. The van der Waals surface area contributed by atoms with Crippen molar-refractivity contribution in [2.45, 2.75) is 20.8 Å². The van der Waals surface area contributed by atoms with Crippen LogP contribution in [-0.2, 0) is 27.2 Å². The van der Waals surface area contributed by atoms with Gasteiger partial charge in [-0.1, -0.05) is 0 Å². The van der Waals surface area contributed by atoms with Gasteiger partial charge >= 0.3 is 15.8 Å². The quantitative estimate of drug-likeness (QED) is 0.664. The molecule has 0 aromatic rings. The number of hydrogen-bond donors (Lipinski definition) is 0.